The Hall–Kier alpha value is -2.07. The summed E-state index contributed by atoms with van der Waals surface area (Å²) in [5.41, 5.74) is 9.03. The molecule has 2 aromatic carbocycles. The average Bonchev–Trinajstić information content (AvgIpc) is 2.58. The summed E-state index contributed by atoms with van der Waals surface area (Å²) < 4.78 is 11.7. The number of benzene rings is 2. The number of nitrogens with two attached hydrogens (primary N) is 1. The molecule has 0 amide bonds. The van der Waals surface area contributed by atoms with Gasteiger partial charge < -0.3 is 15.2 Å². The summed E-state index contributed by atoms with van der Waals surface area (Å²) in [6, 6.07) is 13.9. The van der Waals surface area contributed by atoms with E-state index in [1.807, 2.05) is 24.3 Å². The Morgan fingerprint density at radius 2 is 1.76 bits per heavy atom. The van der Waals surface area contributed by atoms with E-state index in [9.17, 15) is 0 Å². The van der Waals surface area contributed by atoms with Crippen LogP contribution in [0, 0.1) is 0 Å². The van der Waals surface area contributed by atoms with E-state index in [0.717, 1.165) is 23.5 Å². The number of hydrogen-bond donors (Lipinski definition) is 1. The number of ether oxygens (including phenoxy) is 2. The molecule has 0 radical (unpaired) electrons. The van der Waals surface area contributed by atoms with E-state index in [1.54, 1.807) is 0 Å². The quantitative estimate of drug-likeness (QED) is 0.579. The Kier molecular flexibility index (Phi) is 6.43. The maximum atomic E-state index is 5.99. The molecule has 25 heavy (non-hydrogen) atoms. The summed E-state index contributed by atoms with van der Waals surface area (Å²) in [5.74, 6) is 1.66. The molecule has 0 aromatic heterocycles. The van der Waals surface area contributed by atoms with Crippen molar-refractivity contribution in [3.8, 4) is 11.5 Å². The molecule has 2 aromatic rings. The maximum Gasteiger partial charge on any atom is 0.123 e. The fourth-order valence-electron chi connectivity index (χ4n) is 2.56. The van der Waals surface area contributed by atoms with E-state index in [4.69, 9.17) is 27.4 Å². The van der Waals surface area contributed by atoms with Gasteiger partial charge in [-0.15, -0.1) is 0 Å². The van der Waals surface area contributed by atoms with Gasteiger partial charge in [0.15, 0.2) is 0 Å². The predicted octanol–water partition coefficient (Wildman–Crippen LogP) is 4.64. The average molecular weight is 358 g/mol. The summed E-state index contributed by atoms with van der Waals surface area (Å²) in [6.45, 7) is 9.70. The Labute approximate surface area is 156 Å². The van der Waals surface area contributed by atoms with Crippen molar-refractivity contribution in [3.63, 3.8) is 0 Å². The minimum absolute atomic E-state index is 0.0342. The summed E-state index contributed by atoms with van der Waals surface area (Å²) >= 11 is 4.99. The third kappa shape index (κ3) is 5.46. The fourth-order valence-corrected chi connectivity index (χ4v) is 2.69. The second-order valence-corrected chi connectivity index (χ2v) is 7.46. The highest BCUT2D eigenvalue weighted by Gasteiger charge is 2.19. The van der Waals surface area contributed by atoms with Gasteiger partial charge in [0.1, 0.15) is 29.7 Å². The summed E-state index contributed by atoms with van der Waals surface area (Å²) in [4.78, 5) is 0.368. The van der Waals surface area contributed by atoms with Crippen molar-refractivity contribution in [2.24, 2.45) is 5.73 Å². The number of thiocarbonyl (C=S) groups is 1. The lowest BCUT2D eigenvalue weighted by molar-refractivity contribution is 0.214. The van der Waals surface area contributed by atoms with Crippen LogP contribution in [0.4, 0.5) is 0 Å². The second-order valence-electron chi connectivity index (χ2n) is 7.02. The van der Waals surface area contributed by atoms with Crippen LogP contribution in [0.15, 0.2) is 42.5 Å². The van der Waals surface area contributed by atoms with Gasteiger partial charge in [0.25, 0.3) is 0 Å². The molecule has 0 unspecified atom stereocenters. The van der Waals surface area contributed by atoms with E-state index in [0.29, 0.717) is 18.2 Å². The Morgan fingerprint density at radius 3 is 2.40 bits per heavy atom. The zero-order chi connectivity index (χ0) is 18.4. The third-order valence-corrected chi connectivity index (χ3v) is 4.22. The van der Waals surface area contributed by atoms with Crippen LogP contribution in [0.3, 0.4) is 0 Å². The molecule has 0 spiro atoms. The largest absolute Gasteiger partial charge is 0.490 e. The van der Waals surface area contributed by atoms with Crippen molar-refractivity contribution in [2.75, 3.05) is 13.2 Å². The minimum Gasteiger partial charge on any atom is -0.490 e. The first kappa shape index (κ1) is 19.3. The molecule has 0 fully saturated rings. The van der Waals surface area contributed by atoms with Crippen LogP contribution in [0.25, 0.3) is 0 Å². The maximum absolute atomic E-state index is 5.99. The van der Waals surface area contributed by atoms with Crippen LogP contribution in [0.2, 0.25) is 0 Å². The summed E-state index contributed by atoms with van der Waals surface area (Å²) in [7, 11) is 0. The van der Waals surface area contributed by atoms with Gasteiger partial charge in [-0.1, -0.05) is 64.2 Å². The van der Waals surface area contributed by atoms with E-state index >= 15 is 0 Å². The van der Waals surface area contributed by atoms with Gasteiger partial charge in [-0.05, 0) is 41.2 Å². The lowest BCUT2D eigenvalue weighted by Crippen LogP contribution is -2.16. The number of hydrogen-bond acceptors (Lipinski definition) is 3. The molecule has 0 aliphatic heterocycles. The highest BCUT2D eigenvalue weighted by molar-refractivity contribution is 7.80. The highest BCUT2D eigenvalue weighted by atomic mass is 32.1. The molecule has 0 bridgehead atoms. The van der Waals surface area contributed by atoms with Crippen LogP contribution in [-0.2, 0) is 11.8 Å². The Morgan fingerprint density at radius 1 is 1.04 bits per heavy atom. The van der Waals surface area contributed by atoms with Gasteiger partial charge >= 0.3 is 0 Å². The van der Waals surface area contributed by atoms with E-state index in [2.05, 4.69) is 45.9 Å². The molecule has 3 nitrogen and oxygen atoms in total. The van der Waals surface area contributed by atoms with Gasteiger partial charge in [-0.3, -0.25) is 0 Å². The monoisotopic (exact) mass is 357 g/mol. The molecule has 0 saturated carbocycles. The third-order valence-electron chi connectivity index (χ3n) is 3.99. The van der Waals surface area contributed by atoms with Crippen molar-refractivity contribution in [2.45, 2.75) is 39.5 Å². The molecular weight excluding hydrogens is 330 g/mol. The molecule has 2 rings (SSSR count). The molecule has 0 aliphatic carbocycles. The first-order chi connectivity index (χ1) is 11.8. The van der Waals surface area contributed by atoms with Gasteiger partial charge in [0, 0.05) is 5.56 Å². The fraction of sp³-hybridized carbons (Fsp3) is 0.381. The smallest absolute Gasteiger partial charge is 0.123 e. The number of aryl methyl sites for hydroxylation is 1. The Bertz CT molecular complexity index is 735. The van der Waals surface area contributed by atoms with E-state index < -0.39 is 0 Å². The van der Waals surface area contributed by atoms with Crippen LogP contribution in [0.5, 0.6) is 11.5 Å². The van der Waals surface area contributed by atoms with Crippen molar-refractivity contribution in [1.29, 1.82) is 0 Å². The first-order valence-electron chi connectivity index (χ1n) is 8.60. The molecule has 0 saturated heterocycles. The summed E-state index contributed by atoms with van der Waals surface area (Å²) in [5, 5.41) is 0. The normalized spacial score (nSPS) is 11.2. The van der Waals surface area contributed by atoms with Crippen molar-refractivity contribution in [1.82, 2.24) is 0 Å². The second kappa shape index (κ2) is 8.34. The van der Waals surface area contributed by atoms with Gasteiger partial charge in [-0.25, -0.2) is 0 Å². The van der Waals surface area contributed by atoms with Crippen molar-refractivity contribution in [3.05, 3.63) is 59.2 Å². The zero-order valence-electron chi connectivity index (χ0n) is 15.5. The van der Waals surface area contributed by atoms with Gasteiger partial charge in [0.05, 0.1) is 0 Å². The summed E-state index contributed by atoms with van der Waals surface area (Å²) in [6.07, 6.45) is 1.02. The van der Waals surface area contributed by atoms with Gasteiger partial charge in [-0.2, -0.15) is 0 Å². The lowest BCUT2D eigenvalue weighted by atomic mass is 9.85. The first-order valence-corrected chi connectivity index (χ1v) is 9.01. The molecule has 4 heteroatoms. The lowest BCUT2D eigenvalue weighted by Gasteiger charge is -2.23. The topological polar surface area (TPSA) is 44.5 Å². The molecule has 2 N–H and O–H groups in total. The Balaban J connectivity index is 1.98. The van der Waals surface area contributed by atoms with Crippen molar-refractivity contribution >= 4 is 17.2 Å². The van der Waals surface area contributed by atoms with Crippen molar-refractivity contribution < 1.29 is 9.47 Å². The minimum atomic E-state index is 0.0342. The van der Waals surface area contributed by atoms with E-state index in [-0.39, 0.29) is 5.41 Å². The molecule has 0 atom stereocenters. The SMILES string of the molecule is CCc1ccc(OCCOc2cccc(C(N)=S)c2)c(C(C)(C)C)c1. The molecule has 134 valence electrons. The van der Waals surface area contributed by atoms with Gasteiger partial charge in [0.2, 0.25) is 0 Å². The van der Waals surface area contributed by atoms with Crippen LogP contribution in [-0.4, -0.2) is 18.2 Å². The zero-order valence-corrected chi connectivity index (χ0v) is 16.3. The molecular formula is C21H27NO2S. The van der Waals surface area contributed by atoms with Crippen LogP contribution < -0.4 is 15.2 Å². The van der Waals surface area contributed by atoms with Crippen LogP contribution in [0.1, 0.15) is 44.4 Å². The number of rotatable bonds is 7. The molecule has 0 aliphatic rings. The highest BCUT2D eigenvalue weighted by Crippen LogP contribution is 2.32. The molecule has 0 heterocycles. The van der Waals surface area contributed by atoms with Crippen LogP contribution >= 0.6 is 12.2 Å². The standard InChI is InChI=1S/C21H27NO2S/c1-5-15-9-10-19(18(13-15)21(2,3)4)24-12-11-23-17-8-6-7-16(14-17)20(22)25/h6-10,13-14H,5,11-12H2,1-4H3,(H2,22,25). The van der Waals surface area contributed by atoms with E-state index in [1.165, 1.54) is 11.1 Å². The predicted molar refractivity (Wildman–Crippen MR) is 108 cm³/mol.